The van der Waals surface area contributed by atoms with Crippen molar-refractivity contribution in [2.75, 3.05) is 26.2 Å². The number of carbonyl (C=O) groups is 1. The third-order valence-corrected chi connectivity index (χ3v) is 3.64. The molecule has 0 radical (unpaired) electrons. The molecule has 1 heterocycles. The number of hydrogen-bond donors (Lipinski definition) is 2. The van der Waals surface area contributed by atoms with Gasteiger partial charge in [-0.05, 0) is 17.7 Å². The van der Waals surface area contributed by atoms with E-state index in [9.17, 15) is 9.90 Å². The molecule has 1 aliphatic rings. The van der Waals surface area contributed by atoms with E-state index in [0.29, 0.717) is 31.2 Å². The Kier molecular flexibility index (Phi) is 4.63. The SMILES string of the molecule is O=C(O)N1CCN(Cc2ccc(Cl)cc2)C(CO)C1. The molecule has 0 aromatic heterocycles. The van der Waals surface area contributed by atoms with Gasteiger partial charge in [0.15, 0.2) is 0 Å². The Bertz CT molecular complexity index is 438. The average molecular weight is 285 g/mol. The molecule has 0 aliphatic carbocycles. The molecule has 1 unspecified atom stereocenters. The standard InChI is InChI=1S/C13H17ClN2O3/c14-11-3-1-10(2-4-11)7-15-5-6-16(13(18)19)8-12(15)9-17/h1-4,12,17H,5-9H2,(H,18,19). The van der Waals surface area contributed by atoms with Crippen molar-refractivity contribution in [3.05, 3.63) is 34.9 Å². The quantitative estimate of drug-likeness (QED) is 0.883. The van der Waals surface area contributed by atoms with Crippen molar-refractivity contribution in [2.24, 2.45) is 0 Å². The summed E-state index contributed by atoms with van der Waals surface area (Å²) in [6, 6.07) is 7.40. The third kappa shape index (κ3) is 3.59. The van der Waals surface area contributed by atoms with Gasteiger partial charge < -0.3 is 15.1 Å². The van der Waals surface area contributed by atoms with Crippen molar-refractivity contribution >= 4 is 17.7 Å². The van der Waals surface area contributed by atoms with Gasteiger partial charge >= 0.3 is 6.09 Å². The van der Waals surface area contributed by atoms with Gasteiger partial charge in [0.1, 0.15) is 0 Å². The van der Waals surface area contributed by atoms with Crippen LogP contribution in [0.4, 0.5) is 4.79 Å². The molecule has 1 aromatic rings. The molecule has 0 saturated carbocycles. The lowest BCUT2D eigenvalue weighted by molar-refractivity contribution is 0.0368. The average Bonchev–Trinajstić information content (AvgIpc) is 2.41. The second-order valence-corrected chi connectivity index (χ2v) is 5.10. The molecule has 5 nitrogen and oxygen atoms in total. The maximum Gasteiger partial charge on any atom is 0.407 e. The number of hydrogen-bond acceptors (Lipinski definition) is 3. The Morgan fingerprint density at radius 2 is 2.00 bits per heavy atom. The molecule has 1 aromatic carbocycles. The highest BCUT2D eigenvalue weighted by molar-refractivity contribution is 6.30. The van der Waals surface area contributed by atoms with Crippen molar-refractivity contribution in [2.45, 2.75) is 12.6 Å². The van der Waals surface area contributed by atoms with Crippen LogP contribution in [-0.2, 0) is 6.54 Å². The highest BCUT2D eigenvalue weighted by Crippen LogP contribution is 2.16. The van der Waals surface area contributed by atoms with Gasteiger partial charge in [-0.25, -0.2) is 4.79 Å². The molecule has 1 fully saturated rings. The zero-order chi connectivity index (χ0) is 13.8. The highest BCUT2D eigenvalue weighted by atomic mass is 35.5. The Hall–Kier alpha value is -1.30. The monoisotopic (exact) mass is 284 g/mol. The van der Waals surface area contributed by atoms with Gasteiger partial charge in [-0.3, -0.25) is 4.90 Å². The first-order chi connectivity index (χ1) is 9.10. The first kappa shape index (κ1) is 14.1. The predicted molar refractivity (Wildman–Crippen MR) is 72.3 cm³/mol. The van der Waals surface area contributed by atoms with Gasteiger partial charge in [0.05, 0.1) is 12.6 Å². The smallest absolute Gasteiger partial charge is 0.407 e. The van der Waals surface area contributed by atoms with Crippen LogP contribution in [0.25, 0.3) is 0 Å². The van der Waals surface area contributed by atoms with E-state index in [1.807, 2.05) is 24.3 Å². The fraction of sp³-hybridized carbons (Fsp3) is 0.462. The minimum absolute atomic E-state index is 0.0443. The Morgan fingerprint density at radius 1 is 1.32 bits per heavy atom. The van der Waals surface area contributed by atoms with Gasteiger partial charge in [-0.2, -0.15) is 0 Å². The number of aliphatic hydroxyl groups is 1. The molecule has 19 heavy (non-hydrogen) atoms. The minimum atomic E-state index is -0.926. The van der Waals surface area contributed by atoms with Gasteiger partial charge in [-0.15, -0.1) is 0 Å². The lowest BCUT2D eigenvalue weighted by atomic mass is 10.1. The number of rotatable bonds is 3. The molecular weight excluding hydrogens is 268 g/mol. The van der Waals surface area contributed by atoms with E-state index in [2.05, 4.69) is 4.90 Å². The summed E-state index contributed by atoms with van der Waals surface area (Å²) >= 11 is 5.84. The van der Waals surface area contributed by atoms with Crippen molar-refractivity contribution < 1.29 is 15.0 Å². The molecule has 1 atom stereocenters. The van der Waals surface area contributed by atoms with Crippen LogP contribution in [0.2, 0.25) is 5.02 Å². The summed E-state index contributed by atoms with van der Waals surface area (Å²) in [6.07, 6.45) is -0.926. The summed E-state index contributed by atoms with van der Waals surface area (Å²) in [5.74, 6) is 0. The fourth-order valence-corrected chi connectivity index (χ4v) is 2.40. The van der Waals surface area contributed by atoms with Crippen LogP contribution in [0.5, 0.6) is 0 Å². The first-order valence-electron chi connectivity index (χ1n) is 6.17. The number of piperazine rings is 1. The summed E-state index contributed by atoms with van der Waals surface area (Å²) in [6.45, 7) is 2.09. The van der Waals surface area contributed by atoms with E-state index in [-0.39, 0.29) is 12.6 Å². The maximum absolute atomic E-state index is 10.9. The van der Waals surface area contributed by atoms with Crippen LogP contribution < -0.4 is 0 Å². The van der Waals surface area contributed by atoms with E-state index < -0.39 is 6.09 Å². The molecule has 6 heteroatoms. The summed E-state index contributed by atoms with van der Waals surface area (Å²) in [4.78, 5) is 14.4. The van der Waals surface area contributed by atoms with Crippen molar-refractivity contribution in [3.8, 4) is 0 Å². The molecule has 2 N–H and O–H groups in total. The van der Waals surface area contributed by atoms with Crippen LogP contribution >= 0.6 is 11.6 Å². The highest BCUT2D eigenvalue weighted by Gasteiger charge is 2.28. The number of benzene rings is 1. The zero-order valence-electron chi connectivity index (χ0n) is 10.5. The van der Waals surface area contributed by atoms with Crippen LogP contribution in [0.15, 0.2) is 24.3 Å². The van der Waals surface area contributed by atoms with Gasteiger partial charge in [0.25, 0.3) is 0 Å². The molecule has 0 spiro atoms. The number of aliphatic hydroxyl groups excluding tert-OH is 1. The zero-order valence-corrected chi connectivity index (χ0v) is 11.3. The molecule has 1 amide bonds. The molecule has 2 rings (SSSR count). The van der Waals surface area contributed by atoms with Crippen molar-refractivity contribution in [1.29, 1.82) is 0 Å². The fourth-order valence-electron chi connectivity index (χ4n) is 2.27. The largest absolute Gasteiger partial charge is 0.465 e. The molecule has 0 bridgehead atoms. The summed E-state index contributed by atoms with van der Waals surface area (Å²) in [7, 11) is 0. The number of carboxylic acid groups (broad SMARTS) is 1. The van der Waals surface area contributed by atoms with Gasteiger partial charge in [0, 0.05) is 31.2 Å². The normalized spacial score (nSPS) is 20.5. The predicted octanol–water partition coefficient (Wildman–Crippen LogP) is 1.50. The lowest BCUT2D eigenvalue weighted by Crippen LogP contribution is -2.55. The second-order valence-electron chi connectivity index (χ2n) is 4.66. The Balaban J connectivity index is 2.00. The van der Waals surface area contributed by atoms with Gasteiger partial charge in [-0.1, -0.05) is 23.7 Å². The number of nitrogens with zero attached hydrogens (tertiary/aromatic N) is 2. The second kappa shape index (κ2) is 6.23. The van der Waals surface area contributed by atoms with E-state index in [1.165, 1.54) is 4.90 Å². The van der Waals surface area contributed by atoms with E-state index in [1.54, 1.807) is 0 Å². The van der Waals surface area contributed by atoms with Crippen LogP contribution in [-0.4, -0.2) is 58.4 Å². The van der Waals surface area contributed by atoms with Crippen molar-refractivity contribution in [1.82, 2.24) is 9.80 Å². The van der Waals surface area contributed by atoms with Crippen molar-refractivity contribution in [3.63, 3.8) is 0 Å². The molecule has 104 valence electrons. The molecule has 1 aliphatic heterocycles. The minimum Gasteiger partial charge on any atom is -0.465 e. The third-order valence-electron chi connectivity index (χ3n) is 3.38. The van der Waals surface area contributed by atoms with E-state index in [0.717, 1.165) is 5.56 Å². The Labute approximate surface area is 117 Å². The first-order valence-corrected chi connectivity index (χ1v) is 6.55. The van der Waals surface area contributed by atoms with Crippen LogP contribution in [0, 0.1) is 0 Å². The maximum atomic E-state index is 10.9. The molecular formula is C13H17ClN2O3. The van der Waals surface area contributed by atoms with Gasteiger partial charge in [0.2, 0.25) is 0 Å². The van der Waals surface area contributed by atoms with Crippen LogP contribution in [0.3, 0.4) is 0 Å². The molecule has 1 saturated heterocycles. The van der Waals surface area contributed by atoms with E-state index >= 15 is 0 Å². The van der Waals surface area contributed by atoms with Crippen LogP contribution in [0.1, 0.15) is 5.56 Å². The number of amides is 1. The van der Waals surface area contributed by atoms with E-state index in [4.69, 9.17) is 16.7 Å². The topological polar surface area (TPSA) is 64.0 Å². The lowest BCUT2D eigenvalue weighted by Gasteiger charge is -2.39. The number of halogens is 1. The summed E-state index contributed by atoms with van der Waals surface area (Å²) in [5.41, 5.74) is 1.10. The summed E-state index contributed by atoms with van der Waals surface area (Å²) < 4.78 is 0. The summed E-state index contributed by atoms with van der Waals surface area (Å²) in [5, 5.41) is 19.1. The Morgan fingerprint density at radius 3 is 2.58 bits per heavy atom.